The van der Waals surface area contributed by atoms with Crippen molar-refractivity contribution in [2.45, 2.75) is 17.7 Å². The van der Waals surface area contributed by atoms with Crippen LogP contribution in [0.25, 0.3) is 11.3 Å². The summed E-state index contributed by atoms with van der Waals surface area (Å²) in [5.41, 5.74) is 3.59. The van der Waals surface area contributed by atoms with E-state index in [1.54, 1.807) is 0 Å². The Labute approximate surface area is 149 Å². The highest BCUT2D eigenvalue weighted by molar-refractivity contribution is 7.93. The Kier molecular flexibility index (Phi) is 3.79. The predicted octanol–water partition coefficient (Wildman–Crippen LogP) is 3.58. The van der Waals surface area contributed by atoms with Crippen LogP contribution in [0.2, 0.25) is 0 Å². The number of thiazole rings is 1. The summed E-state index contributed by atoms with van der Waals surface area (Å²) in [5.74, 6) is 0. The molecule has 0 atom stereocenters. The zero-order valence-electron chi connectivity index (χ0n) is 13.1. The van der Waals surface area contributed by atoms with Crippen molar-refractivity contribution in [1.82, 2.24) is 4.98 Å². The number of fused-ring (bicyclic) bond motifs is 3. The van der Waals surface area contributed by atoms with Crippen molar-refractivity contribution in [3.8, 4) is 17.3 Å². The molecule has 25 heavy (non-hydrogen) atoms. The van der Waals surface area contributed by atoms with Crippen molar-refractivity contribution in [3.63, 3.8) is 0 Å². The molecule has 5 nitrogen and oxygen atoms in total. The smallest absolute Gasteiger partial charge is 0.255 e. The van der Waals surface area contributed by atoms with Crippen LogP contribution in [0.3, 0.4) is 0 Å². The van der Waals surface area contributed by atoms with Crippen LogP contribution in [0.4, 0.5) is 5.13 Å². The first-order chi connectivity index (χ1) is 12.1. The first kappa shape index (κ1) is 15.8. The minimum absolute atomic E-state index is 0.111. The fraction of sp³-hybridized carbons (Fsp3) is 0.111. The summed E-state index contributed by atoms with van der Waals surface area (Å²) >= 11 is 1.37. The van der Waals surface area contributed by atoms with Crippen molar-refractivity contribution in [2.75, 3.05) is 4.72 Å². The summed E-state index contributed by atoms with van der Waals surface area (Å²) in [5, 5.41) is 9.18. The molecule has 0 amide bonds. The molecule has 0 saturated heterocycles. The van der Waals surface area contributed by atoms with E-state index in [9.17, 15) is 8.42 Å². The number of aromatic nitrogens is 1. The van der Waals surface area contributed by atoms with Crippen LogP contribution in [0.1, 0.15) is 16.0 Å². The third-order valence-corrected chi connectivity index (χ3v) is 6.62. The van der Waals surface area contributed by atoms with Gasteiger partial charge >= 0.3 is 0 Å². The second-order valence-electron chi connectivity index (χ2n) is 5.69. The normalized spacial score (nSPS) is 12.8. The Morgan fingerprint density at radius 3 is 2.60 bits per heavy atom. The Hall–Kier alpha value is -2.69. The fourth-order valence-electron chi connectivity index (χ4n) is 2.88. The van der Waals surface area contributed by atoms with Gasteiger partial charge in [0.25, 0.3) is 10.0 Å². The summed E-state index contributed by atoms with van der Waals surface area (Å²) in [4.78, 5) is 5.72. The van der Waals surface area contributed by atoms with Crippen LogP contribution in [-0.2, 0) is 22.9 Å². The number of anilines is 1. The van der Waals surface area contributed by atoms with Crippen LogP contribution in [0.15, 0.2) is 53.4 Å². The third kappa shape index (κ3) is 2.90. The number of aryl methyl sites for hydroxylation is 2. The number of nitrogens with one attached hydrogen (secondary N) is 1. The molecule has 1 aliphatic rings. The Morgan fingerprint density at radius 1 is 1.08 bits per heavy atom. The molecule has 0 unspecified atom stereocenters. The molecule has 0 aliphatic heterocycles. The molecule has 0 spiro atoms. The minimum Gasteiger partial charge on any atom is -0.255 e. The first-order valence-corrected chi connectivity index (χ1v) is 9.98. The molecular formula is C18H13N3O2S2. The van der Waals surface area contributed by atoms with E-state index in [-0.39, 0.29) is 4.90 Å². The monoisotopic (exact) mass is 367 g/mol. The van der Waals surface area contributed by atoms with Gasteiger partial charge in [-0.1, -0.05) is 24.3 Å². The lowest BCUT2D eigenvalue weighted by atomic mass is 9.94. The molecule has 1 aliphatic carbocycles. The molecule has 4 rings (SSSR count). The molecule has 1 aromatic heterocycles. The zero-order chi connectivity index (χ0) is 17.4. The average Bonchev–Trinajstić information content (AvgIpc) is 3.04. The summed E-state index contributed by atoms with van der Waals surface area (Å²) in [6, 6.07) is 15.9. The molecular weight excluding hydrogens is 354 g/mol. The van der Waals surface area contributed by atoms with Crippen LogP contribution in [-0.4, -0.2) is 13.4 Å². The van der Waals surface area contributed by atoms with E-state index >= 15 is 0 Å². The van der Waals surface area contributed by atoms with Crippen LogP contribution in [0.5, 0.6) is 0 Å². The third-order valence-electron chi connectivity index (χ3n) is 4.11. The SMILES string of the molecule is N#Cc1ccc(S(=O)(=O)Nc2nc3c(s2)CCc2ccccc2-3)cc1. The van der Waals surface area contributed by atoms with Gasteiger partial charge in [0.2, 0.25) is 0 Å². The highest BCUT2D eigenvalue weighted by Gasteiger charge is 2.23. The molecule has 0 bridgehead atoms. The quantitative estimate of drug-likeness (QED) is 0.767. The summed E-state index contributed by atoms with van der Waals surface area (Å²) in [7, 11) is -3.73. The topological polar surface area (TPSA) is 82.8 Å². The van der Waals surface area contributed by atoms with Crippen molar-refractivity contribution in [3.05, 3.63) is 64.5 Å². The molecule has 0 saturated carbocycles. The van der Waals surface area contributed by atoms with Gasteiger partial charge in [-0.25, -0.2) is 13.4 Å². The second kappa shape index (κ2) is 5.99. The number of hydrogen-bond donors (Lipinski definition) is 1. The van der Waals surface area contributed by atoms with Gasteiger partial charge in [0.1, 0.15) is 0 Å². The molecule has 0 radical (unpaired) electrons. The molecule has 7 heteroatoms. The number of nitrogens with zero attached hydrogens (tertiary/aromatic N) is 2. The summed E-state index contributed by atoms with van der Waals surface area (Å²) in [6.07, 6.45) is 1.80. The lowest BCUT2D eigenvalue weighted by molar-refractivity contribution is 0.601. The molecule has 124 valence electrons. The molecule has 2 aromatic carbocycles. The number of nitriles is 1. The second-order valence-corrected chi connectivity index (χ2v) is 8.46. The standard InChI is InChI=1S/C18H13N3O2S2/c19-11-12-5-8-14(9-6-12)25(22,23)21-18-20-17-15-4-2-1-3-13(15)7-10-16(17)24-18/h1-6,8-9H,7,10H2,(H,20,21). The predicted molar refractivity (Wildman–Crippen MR) is 96.9 cm³/mol. The lowest BCUT2D eigenvalue weighted by Gasteiger charge is -2.13. The lowest BCUT2D eigenvalue weighted by Crippen LogP contribution is -2.12. The van der Waals surface area contributed by atoms with Gasteiger partial charge in [0.15, 0.2) is 5.13 Å². The summed E-state index contributed by atoms with van der Waals surface area (Å²) in [6.45, 7) is 0. The average molecular weight is 367 g/mol. The van der Waals surface area contributed by atoms with Gasteiger partial charge in [-0.3, -0.25) is 4.72 Å². The van der Waals surface area contributed by atoms with Gasteiger partial charge in [0.05, 0.1) is 22.2 Å². The molecule has 3 aromatic rings. The highest BCUT2D eigenvalue weighted by atomic mass is 32.2. The maximum atomic E-state index is 12.5. The highest BCUT2D eigenvalue weighted by Crippen LogP contribution is 2.38. The van der Waals surface area contributed by atoms with Gasteiger partial charge in [-0.15, -0.1) is 11.3 Å². The summed E-state index contributed by atoms with van der Waals surface area (Å²) < 4.78 is 27.6. The maximum Gasteiger partial charge on any atom is 0.263 e. The number of benzene rings is 2. The number of sulfonamides is 1. The van der Waals surface area contributed by atoms with Gasteiger partial charge < -0.3 is 0 Å². The van der Waals surface area contributed by atoms with Crippen molar-refractivity contribution in [2.24, 2.45) is 0 Å². The van der Waals surface area contributed by atoms with Crippen LogP contribution in [0, 0.1) is 11.3 Å². The van der Waals surface area contributed by atoms with Crippen LogP contribution >= 0.6 is 11.3 Å². The van der Waals surface area contributed by atoms with E-state index in [0.29, 0.717) is 10.7 Å². The van der Waals surface area contributed by atoms with E-state index in [2.05, 4.69) is 15.8 Å². The Balaban J connectivity index is 1.66. The van der Waals surface area contributed by atoms with Crippen molar-refractivity contribution < 1.29 is 8.42 Å². The van der Waals surface area contributed by atoms with Crippen LogP contribution < -0.4 is 4.72 Å². The Morgan fingerprint density at radius 2 is 1.84 bits per heavy atom. The largest absolute Gasteiger partial charge is 0.263 e. The zero-order valence-corrected chi connectivity index (χ0v) is 14.7. The number of hydrogen-bond acceptors (Lipinski definition) is 5. The van der Waals surface area contributed by atoms with E-state index < -0.39 is 10.0 Å². The van der Waals surface area contributed by atoms with Crippen molar-refractivity contribution in [1.29, 1.82) is 5.26 Å². The first-order valence-electron chi connectivity index (χ1n) is 7.68. The van der Waals surface area contributed by atoms with Gasteiger partial charge in [-0.2, -0.15) is 5.26 Å². The van der Waals surface area contributed by atoms with E-state index in [1.807, 2.05) is 24.3 Å². The maximum absolute atomic E-state index is 12.5. The molecule has 1 heterocycles. The van der Waals surface area contributed by atoms with E-state index in [4.69, 9.17) is 5.26 Å². The molecule has 0 fully saturated rings. The number of rotatable bonds is 3. The Bertz CT molecular complexity index is 1090. The fourth-order valence-corrected chi connectivity index (χ4v) is 5.09. The van der Waals surface area contributed by atoms with Crippen molar-refractivity contribution >= 4 is 26.5 Å². The van der Waals surface area contributed by atoms with E-state index in [0.717, 1.165) is 29.0 Å². The molecule has 1 N–H and O–H groups in total. The van der Waals surface area contributed by atoms with Gasteiger partial charge in [0, 0.05) is 10.4 Å². The van der Waals surface area contributed by atoms with E-state index in [1.165, 1.54) is 41.2 Å². The van der Waals surface area contributed by atoms with Gasteiger partial charge in [-0.05, 0) is 42.7 Å². The minimum atomic E-state index is -3.73.